The third-order valence-electron chi connectivity index (χ3n) is 6.53. The summed E-state index contributed by atoms with van der Waals surface area (Å²) in [6.45, 7) is 3.80. The number of esters is 1. The fourth-order valence-electron chi connectivity index (χ4n) is 4.48. The Hall–Kier alpha value is -3.81. The van der Waals surface area contributed by atoms with Crippen molar-refractivity contribution in [2.24, 2.45) is 5.92 Å². The summed E-state index contributed by atoms with van der Waals surface area (Å²) >= 11 is 0. The minimum Gasteiger partial charge on any atom is -0.463 e. The van der Waals surface area contributed by atoms with Gasteiger partial charge in [-0.1, -0.05) is 44.2 Å². The van der Waals surface area contributed by atoms with Gasteiger partial charge in [-0.15, -0.1) is 0 Å². The summed E-state index contributed by atoms with van der Waals surface area (Å²) in [7, 11) is 0. The molecule has 4 rings (SSSR count). The van der Waals surface area contributed by atoms with E-state index in [4.69, 9.17) is 9.47 Å². The number of carbonyl (C=O) groups excluding carboxylic acids is 2. The molecule has 3 atom stereocenters. The first kappa shape index (κ1) is 25.3. The zero-order chi connectivity index (χ0) is 25.7. The van der Waals surface area contributed by atoms with Gasteiger partial charge in [-0.2, -0.15) is 10.4 Å². The van der Waals surface area contributed by atoms with Crippen molar-refractivity contribution in [1.82, 2.24) is 14.6 Å². The lowest BCUT2D eigenvalue weighted by molar-refractivity contribution is -0.148. The Bertz CT molecular complexity index is 1270. The van der Waals surface area contributed by atoms with Gasteiger partial charge in [0.2, 0.25) is 11.5 Å². The average Bonchev–Trinajstić information content (AvgIpc) is 3.46. The Kier molecular flexibility index (Phi) is 7.62. The number of hydrogen-bond donors (Lipinski definition) is 2. The lowest BCUT2D eigenvalue weighted by Crippen LogP contribution is -2.36. The maximum absolute atomic E-state index is 12.6. The molecule has 1 aliphatic heterocycles. The van der Waals surface area contributed by atoms with Gasteiger partial charge in [-0.25, -0.2) is 9.50 Å². The molecule has 0 saturated carbocycles. The van der Waals surface area contributed by atoms with Crippen molar-refractivity contribution in [1.29, 1.82) is 5.26 Å². The number of fused-ring (bicyclic) bond motifs is 1. The fraction of sp³-hybridized carbons (Fsp3) is 0.423. The molecule has 0 spiro atoms. The second-order valence-electron chi connectivity index (χ2n) is 8.81. The Labute approximate surface area is 208 Å². The lowest BCUT2D eigenvalue weighted by Gasteiger charge is -2.24. The van der Waals surface area contributed by atoms with Crippen molar-refractivity contribution in [3.63, 3.8) is 0 Å². The molecule has 10 heteroatoms. The minimum atomic E-state index is -1.73. The summed E-state index contributed by atoms with van der Waals surface area (Å²) in [6, 6.07) is 14.6. The first-order valence-electron chi connectivity index (χ1n) is 12.0. The summed E-state index contributed by atoms with van der Waals surface area (Å²) in [4.78, 5) is 29.0. The highest BCUT2D eigenvalue weighted by Gasteiger charge is 2.52. The van der Waals surface area contributed by atoms with E-state index in [0.29, 0.717) is 29.9 Å². The fourth-order valence-corrected chi connectivity index (χ4v) is 4.48. The number of nitriles is 1. The van der Waals surface area contributed by atoms with Gasteiger partial charge in [0.1, 0.15) is 30.6 Å². The van der Waals surface area contributed by atoms with E-state index < -0.39 is 23.8 Å². The van der Waals surface area contributed by atoms with Crippen molar-refractivity contribution in [3.8, 4) is 6.07 Å². The summed E-state index contributed by atoms with van der Waals surface area (Å²) in [5, 5.41) is 28.0. The van der Waals surface area contributed by atoms with Crippen LogP contribution in [0.3, 0.4) is 0 Å². The number of hydrogen-bond acceptors (Lipinski definition) is 8. The van der Waals surface area contributed by atoms with Crippen LogP contribution in [0.1, 0.15) is 44.4 Å². The number of ether oxygens (including phenoxy) is 2. The highest BCUT2D eigenvalue weighted by atomic mass is 16.6. The van der Waals surface area contributed by atoms with Crippen LogP contribution in [0.25, 0.3) is 5.52 Å². The molecule has 0 unspecified atom stereocenters. The van der Waals surface area contributed by atoms with Gasteiger partial charge >= 0.3 is 5.97 Å². The highest BCUT2D eigenvalue weighted by molar-refractivity contribution is 5.95. The predicted molar refractivity (Wildman–Crippen MR) is 130 cm³/mol. The van der Waals surface area contributed by atoms with Crippen LogP contribution in [0.2, 0.25) is 0 Å². The zero-order valence-electron chi connectivity index (χ0n) is 20.3. The molecule has 1 aromatic carbocycles. The number of nitrogens with one attached hydrogen (secondary N) is 1. The molecule has 2 aromatic heterocycles. The SMILES string of the molecule is CCC(CC)C(=O)Nc1ncnn2c([C@]3(C#N)O[C@@H](COC(=O)Cc4ccccc4)C[C@H]3O)ccc12. The van der Waals surface area contributed by atoms with Crippen LogP contribution in [0.5, 0.6) is 0 Å². The van der Waals surface area contributed by atoms with Gasteiger partial charge in [0.15, 0.2) is 5.82 Å². The third-order valence-corrected chi connectivity index (χ3v) is 6.53. The van der Waals surface area contributed by atoms with Gasteiger partial charge in [0, 0.05) is 12.3 Å². The number of nitrogens with zero attached hydrogens (tertiary/aromatic N) is 4. The molecule has 3 aromatic rings. The van der Waals surface area contributed by atoms with E-state index >= 15 is 0 Å². The second kappa shape index (κ2) is 10.8. The maximum atomic E-state index is 12.6. The van der Waals surface area contributed by atoms with Gasteiger partial charge in [0.25, 0.3) is 0 Å². The number of aromatic nitrogens is 3. The van der Waals surface area contributed by atoms with Crippen LogP contribution in [-0.2, 0) is 31.1 Å². The topological polar surface area (TPSA) is 139 Å². The Morgan fingerprint density at radius 3 is 2.72 bits per heavy atom. The predicted octanol–water partition coefficient (Wildman–Crippen LogP) is 2.76. The maximum Gasteiger partial charge on any atom is 0.310 e. The quantitative estimate of drug-likeness (QED) is 0.436. The Balaban J connectivity index is 1.51. The standard InChI is InChI=1S/C26H29N5O5/c1-3-18(4-2)25(34)30-24-20-10-11-21(31(20)29-16-28-24)26(15-27)22(32)13-19(36-26)14-35-23(33)12-17-8-6-5-7-9-17/h5-11,16,18-19,22,32H,3-4,12-14H2,1-2H3,(H,28,29,30,34)/t19-,22-,26+/m1/s1. The Morgan fingerprint density at radius 1 is 1.28 bits per heavy atom. The van der Waals surface area contributed by atoms with Gasteiger partial charge in [-0.3, -0.25) is 9.59 Å². The molecule has 36 heavy (non-hydrogen) atoms. The lowest BCUT2D eigenvalue weighted by atomic mass is 9.94. The van der Waals surface area contributed by atoms with E-state index in [1.807, 2.05) is 44.2 Å². The molecule has 2 N–H and O–H groups in total. The monoisotopic (exact) mass is 491 g/mol. The number of anilines is 1. The van der Waals surface area contributed by atoms with Crippen LogP contribution < -0.4 is 5.32 Å². The molecule has 10 nitrogen and oxygen atoms in total. The third kappa shape index (κ3) is 4.94. The molecule has 0 radical (unpaired) electrons. The van der Waals surface area contributed by atoms with Crippen molar-refractivity contribution in [3.05, 3.63) is 60.0 Å². The number of aliphatic hydroxyl groups is 1. The van der Waals surface area contributed by atoms with Gasteiger partial charge in [0.05, 0.1) is 18.2 Å². The number of carbonyl (C=O) groups is 2. The first-order valence-corrected chi connectivity index (χ1v) is 12.0. The largest absolute Gasteiger partial charge is 0.463 e. The van der Waals surface area contributed by atoms with E-state index in [1.165, 1.54) is 10.8 Å². The van der Waals surface area contributed by atoms with Crippen molar-refractivity contribution < 1.29 is 24.2 Å². The average molecular weight is 492 g/mol. The van der Waals surface area contributed by atoms with Crippen LogP contribution in [0.15, 0.2) is 48.8 Å². The second-order valence-corrected chi connectivity index (χ2v) is 8.81. The van der Waals surface area contributed by atoms with Crippen LogP contribution in [0, 0.1) is 17.2 Å². The summed E-state index contributed by atoms with van der Waals surface area (Å²) < 4.78 is 12.8. The molecule has 0 bridgehead atoms. The van der Waals surface area contributed by atoms with E-state index in [0.717, 1.165) is 5.56 Å². The number of rotatable bonds is 9. The van der Waals surface area contributed by atoms with Crippen molar-refractivity contribution in [2.75, 3.05) is 11.9 Å². The smallest absolute Gasteiger partial charge is 0.310 e. The van der Waals surface area contributed by atoms with Gasteiger partial charge < -0.3 is 19.9 Å². The molecule has 1 fully saturated rings. The number of aliphatic hydroxyl groups excluding tert-OH is 1. The van der Waals surface area contributed by atoms with E-state index in [1.54, 1.807) is 12.1 Å². The molecular weight excluding hydrogens is 462 g/mol. The Morgan fingerprint density at radius 2 is 2.03 bits per heavy atom. The van der Waals surface area contributed by atoms with Gasteiger partial charge in [-0.05, 0) is 30.5 Å². The van der Waals surface area contributed by atoms with Crippen molar-refractivity contribution >= 4 is 23.2 Å². The zero-order valence-corrected chi connectivity index (χ0v) is 20.3. The summed E-state index contributed by atoms with van der Waals surface area (Å²) in [5.41, 5.74) is -0.137. The van der Waals surface area contributed by atoms with Crippen LogP contribution in [-0.4, -0.2) is 50.4 Å². The van der Waals surface area contributed by atoms with E-state index in [9.17, 15) is 20.0 Å². The number of amides is 1. The van der Waals surface area contributed by atoms with Crippen LogP contribution in [0.4, 0.5) is 5.82 Å². The highest BCUT2D eigenvalue weighted by Crippen LogP contribution is 2.40. The molecule has 3 heterocycles. The minimum absolute atomic E-state index is 0.0961. The molecule has 188 valence electrons. The van der Waals surface area contributed by atoms with E-state index in [2.05, 4.69) is 21.5 Å². The normalized spacial score (nSPS) is 21.4. The molecular formula is C26H29N5O5. The summed E-state index contributed by atoms with van der Waals surface area (Å²) in [5.74, 6) is -0.411. The summed E-state index contributed by atoms with van der Waals surface area (Å²) in [6.07, 6.45) is 1.02. The molecule has 1 amide bonds. The number of benzene rings is 1. The van der Waals surface area contributed by atoms with Crippen LogP contribution >= 0.6 is 0 Å². The van der Waals surface area contributed by atoms with E-state index in [-0.39, 0.29) is 31.3 Å². The molecule has 0 aliphatic carbocycles. The molecule has 1 saturated heterocycles. The van der Waals surface area contributed by atoms with Crippen molar-refractivity contribution in [2.45, 2.75) is 57.3 Å². The first-order chi connectivity index (χ1) is 17.4. The molecule has 1 aliphatic rings.